The molecule has 0 atom stereocenters. The Hall–Kier alpha value is -2.09. The van der Waals surface area contributed by atoms with Gasteiger partial charge in [0, 0.05) is 11.8 Å². The summed E-state index contributed by atoms with van der Waals surface area (Å²) in [6.07, 6.45) is 29.9. The van der Waals surface area contributed by atoms with Crippen molar-refractivity contribution in [3.63, 3.8) is 0 Å². The van der Waals surface area contributed by atoms with Crippen molar-refractivity contribution in [1.82, 2.24) is 4.98 Å². The number of rotatable bonds is 18. The van der Waals surface area contributed by atoms with E-state index in [2.05, 4.69) is 68.6 Å². The molecule has 2 nitrogen and oxygen atoms in total. The standard InChI is InChI=1S/C35H53NO/c1-3-5-7-8-9-10-11-13-16-32-22-27-35(36-29-32)33-23-25-34(26-24-33)37-28-14-17-31-20-18-30(19-21-31)15-12-6-4-2/h14,17,22-27,29-31H,3-13,15-16,18-21,28H2,1-2H3/b17-14+/t30-,31-. The minimum atomic E-state index is 0.654. The fourth-order valence-corrected chi connectivity index (χ4v) is 5.67. The third-order valence-electron chi connectivity index (χ3n) is 8.16. The number of aryl methyl sites for hydroxylation is 1. The van der Waals surface area contributed by atoms with E-state index in [1.165, 1.54) is 108 Å². The van der Waals surface area contributed by atoms with E-state index in [0.717, 1.165) is 35.3 Å². The summed E-state index contributed by atoms with van der Waals surface area (Å²) in [6.45, 7) is 5.23. The summed E-state index contributed by atoms with van der Waals surface area (Å²) in [5.74, 6) is 2.66. The summed E-state index contributed by atoms with van der Waals surface area (Å²) in [5.41, 5.74) is 3.54. The molecule has 3 rings (SSSR count). The van der Waals surface area contributed by atoms with Crippen LogP contribution in [0.3, 0.4) is 0 Å². The molecule has 0 radical (unpaired) electrons. The minimum absolute atomic E-state index is 0.654. The highest BCUT2D eigenvalue weighted by Gasteiger charge is 2.18. The van der Waals surface area contributed by atoms with Crippen LogP contribution >= 0.6 is 0 Å². The van der Waals surface area contributed by atoms with Crippen LogP contribution < -0.4 is 4.74 Å². The summed E-state index contributed by atoms with van der Waals surface area (Å²) in [7, 11) is 0. The largest absolute Gasteiger partial charge is 0.490 e. The number of benzene rings is 1. The van der Waals surface area contributed by atoms with Crippen molar-refractivity contribution in [3.05, 3.63) is 60.3 Å². The van der Waals surface area contributed by atoms with Crippen molar-refractivity contribution in [2.75, 3.05) is 6.61 Å². The second-order valence-electron chi connectivity index (χ2n) is 11.3. The number of pyridine rings is 1. The van der Waals surface area contributed by atoms with Gasteiger partial charge in [0.2, 0.25) is 0 Å². The van der Waals surface area contributed by atoms with Crippen molar-refractivity contribution in [2.45, 2.75) is 123 Å². The van der Waals surface area contributed by atoms with Crippen LogP contribution in [0.5, 0.6) is 5.75 Å². The lowest BCUT2D eigenvalue weighted by molar-refractivity contribution is 0.288. The van der Waals surface area contributed by atoms with Crippen LogP contribution in [0.2, 0.25) is 0 Å². The summed E-state index contributed by atoms with van der Waals surface area (Å²) < 4.78 is 5.98. The third-order valence-corrected chi connectivity index (χ3v) is 8.16. The van der Waals surface area contributed by atoms with Gasteiger partial charge in [-0.15, -0.1) is 0 Å². The van der Waals surface area contributed by atoms with E-state index in [1.807, 2.05) is 0 Å². The van der Waals surface area contributed by atoms with Gasteiger partial charge in [-0.05, 0) is 86.3 Å². The molecule has 2 aromatic rings. The lowest BCUT2D eigenvalue weighted by atomic mass is 9.79. The Labute approximate surface area is 228 Å². The molecule has 204 valence electrons. The predicted octanol–water partition coefficient (Wildman–Crippen LogP) is 10.8. The second kappa shape index (κ2) is 18.2. The van der Waals surface area contributed by atoms with Gasteiger partial charge in [0.05, 0.1) is 5.69 Å². The molecule has 37 heavy (non-hydrogen) atoms. The predicted molar refractivity (Wildman–Crippen MR) is 160 cm³/mol. The average Bonchev–Trinajstić information content (AvgIpc) is 2.94. The molecular formula is C35H53NO. The van der Waals surface area contributed by atoms with Crippen molar-refractivity contribution < 1.29 is 4.74 Å². The summed E-state index contributed by atoms with van der Waals surface area (Å²) in [6, 6.07) is 12.8. The zero-order valence-electron chi connectivity index (χ0n) is 23.9. The van der Waals surface area contributed by atoms with Gasteiger partial charge in [0.15, 0.2) is 0 Å². The topological polar surface area (TPSA) is 22.1 Å². The summed E-state index contributed by atoms with van der Waals surface area (Å²) >= 11 is 0. The number of allylic oxidation sites excluding steroid dienone is 1. The first-order valence-electron chi connectivity index (χ1n) is 15.6. The van der Waals surface area contributed by atoms with Crippen LogP contribution in [0, 0.1) is 11.8 Å². The smallest absolute Gasteiger partial charge is 0.119 e. The number of hydrogen-bond donors (Lipinski definition) is 0. The molecule has 1 heterocycles. The van der Waals surface area contributed by atoms with E-state index in [1.54, 1.807) is 0 Å². The fourth-order valence-electron chi connectivity index (χ4n) is 5.67. The van der Waals surface area contributed by atoms with Gasteiger partial charge >= 0.3 is 0 Å². The van der Waals surface area contributed by atoms with Gasteiger partial charge in [0.25, 0.3) is 0 Å². The summed E-state index contributed by atoms with van der Waals surface area (Å²) in [4.78, 5) is 4.73. The quantitative estimate of drug-likeness (QED) is 0.149. The molecule has 0 spiro atoms. The Morgan fingerprint density at radius 2 is 1.43 bits per heavy atom. The Morgan fingerprint density at radius 3 is 2.11 bits per heavy atom. The Balaban J connectivity index is 1.30. The van der Waals surface area contributed by atoms with Gasteiger partial charge < -0.3 is 4.74 Å². The van der Waals surface area contributed by atoms with E-state index >= 15 is 0 Å². The molecule has 1 aromatic carbocycles. The zero-order valence-corrected chi connectivity index (χ0v) is 23.9. The molecule has 0 saturated heterocycles. The third kappa shape index (κ3) is 11.9. The molecule has 0 amide bonds. The van der Waals surface area contributed by atoms with E-state index < -0.39 is 0 Å². The van der Waals surface area contributed by atoms with Crippen molar-refractivity contribution in [2.24, 2.45) is 11.8 Å². The Kier molecular flexibility index (Phi) is 14.5. The van der Waals surface area contributed by atoms with E-state index in [4.69, 9.17) is 9.72 Å². The normalized spacial score (nSPS) is 17.9. The molecule has 1 aliphatic carbocycles. The molecule has 1 aliphatic rings. The zero-order chi connectivity index (χ0) is 26.0. The molecule has 0 aliphatic heterocycles. The maximum atomic E-state index is 5.98. The van der Waals surface area contributed by atoms with E-state index in [9.17, 15) is 0 Å². The molecule has 0 N–H and O–H groups in total. The van der Waals surface area contributed by atoms with Crippen molar-refractivity contribution in [1.29, 1.82) is 0 Å². The first-order chi connectivity index (χ1) is 18.3. The van der Waals surface area contributed by atoms with Crippen LogP contribution in [0.15, 0.2) is 54.7 Å². The molecular weight excluding hydrogens is 450 g/mol. The van der Waals surface area contributed by atoms with Crippen LogP contribution in [0.4, 0.5) is 0 Å². The monoisotopic (exact) mass is 503 g/mol. The minimum Gasteiger partial charge on any atom is -0.490 e. The van der Waals surface area contributed by atoms with E-state index in [0.29, 0.717) is 6.61 Å². The molecule has 1 aromatic heterocycles. The first kappa shape index (κ1) is 29.5. The molecule has 2 heteroatoms. The fraction of sp³-hybridized carbons (Fsp3) is 0.629. The maximum absolute atomic E-state index is 5.98. The second-order valence-corrected chi connectivity index (χ2v) is 11.3. The summed E-state index contributed by atoms with van der Waals surface area (Å²) in [5, 5.41) is 0. The highest BCUT2D eigenvalue weighted by Crippen LogP contribution is 2.32. The number of aromatic nitrogens is 1. The SMILES string of the molecule is CCCCCCCCCCc1ccc(-c2ccc(OC/C=C/[C@H]3CC[C@H](CCCCC)CC3)cc2)nc1. The lowest BCUT2D eigenvalue weighted by Gasteiger charge is -2.26. The molecule has 1 saturated carbocycles. The lowest BCUT2D eigenvalue weighted by Crippen LogP contribution is -2.13. The van der Waals surface area contributed by atoms with E-state index in [-0.39, 0.29) is 0 Å². The highest BCUT2D eigenvalue weighted by atomic mass is 16.5. The van der Waals surface area contributed by atoms with Gasteiger partial charge in [-0.3, -0.25) is 4.98 Å². The average molecular weight is 504 g/mol. The van der Waals surface area contributed by atoms with Crippen molar-refractivity contribution >= 4 is 0 Å². The number of ether oxygens (including phenoxy) is 1. The van der Waals surface area contributed by atoms with Gasteiger partial charge in [-0.1, -0.05) is 103 Å². The maximum Gasteiger partial charge on any atom is 0.119 e. The molecule has 0 unspecified atom stereocenters. The van der Waals surface area contributed by atoms with Gasteiger partial charge in [-0.2, -0.15) is 0 Å². The van der Waals surface area contributed by atoms with Crippen LogP contribution in [-0.2, 0) is 6.42 Å². The Bertz CT molecular complexity index is 846. The Morgan fingerprint density at radius 1 is 0.757 bits per heavy atom. The number of hydrogen-bond acceptors (Lipinski definition) is 2. The highest BCUT2D eigenvalue weighted by molar-refractivity contribution is 5.60. The van der Waals surface area contributed by atoms with Gasteiger partial charge in [-0.25, -0.2) is 0 Å². The molecule has 1 fully saturated rings. The van der Waals surface area contributed by atoms with Crippen molar-refractivity contribution in [3.8, 4) is 17.0 Å². The van der Waals surface area contributed by atoms with Gasteiger partial charge in [0.1, 0.15) is 12.4 Å². The first-order valence-corrected chi connectivity index (χ1v) is 15.6. The van der Waals surface area contributed by atoms with Crippen LogP contribution in [-0.4, -0.2) is 11.6 Å². The number of nitrogens with zero attached hydrogens (tertiary/aromatic N) is 1. The van der Waals surface area contributed by atoms with Crippen LogP contribution in [0.25, 0.3) is 11.3 Å². The number of unbranched alkanes of at least 4 members (excludes halogenated alkanes) is 9. The molecule has 0 bridgehead atoms. The van der Waals surface area contributed by atoms with Crippen LogP contribution in [0.1, 0.15) is 122 Å².